The van der Waals surface area contributed by atoms with Crippen LogP contribution in [0.1, 0.15) is 51.9 Å². The van der Waals surface area contributed by atoms with E-state index in [9.17, 15) is 9.59 Å². The molecule has 1 atom stereocenters. The zero-order valence-corrected chi connectivity index (χ0v) is 10.7. The van der Waals surface area contributed by atoms with Crippen LogP contribution < -0.4 is 0 Å². The smallest absolute Gasteiger partial charge is 0.319 e. The summed E-state index contributed by atoms with van der Waals surface area (Å²) in [7, 11) is 0. The number of Topliss-reactive ketones (excluding diaryl/α,β-unsaturated/α-hetero) is 1. The fourth-order valence-corrected chi connectivity index (χ4v) is 2.50. The molecule has 0 saturated heterocycles. The van der Waals surface area contributed by atoms with Crippen LogP contribution >= 0.6 is 0 Å². The molecule has 0 N–H and O–H groups in total. The minimum Gasteiger partial charge on any atom is -0.465 e. The molecule has 96 valence electrons. The van der Waals surface area contributed by atoms with Crippen molar-refractivity contribution < 1.29 is 14.3 Å². The Morgan fingerprint density at radius 2 is 2.29 bits per heavy atom. The van der Waals surface area contributed by atoms with Crippen molar-refractivity contribution in [2.24, 2.45) is 5.41 Å². The molecule has 0 amide bonds. The molecule has 0 spiro atoms. The van der Waals surface area contributed by atoms with Crippen molar-refractivity contribution in [3.8, 4) is 0 Å². The lowest BCUT2D eigenvalue weighted by Gasteiger charge is -2.24. The topological polar surface area (TPSA) is 43.4 Å². The Morgan fingerprint density at radius 3 is 2.82 bits per heavy atom. The first-order valence-electron chi connectivity index (χ1n) is 6.49. The van der Waals surface area contributed by atoms with E-state index in [2.05, 4.69) is 6.58 Å². The average molecular weight is 238 g/mol. The summed E-state index contributed by atoms with van der Waals surface area (Å²) < 4.78 is 5.08. The molecule has 3 nitrogen and oxygen atoms in total. The van der Waals surface area contributed by atoms with Gasteiger partial charge in [0, 0.05) is 6.42 Å². The van der Waals surface area contributed by atoms with Gasteiger partial charge in [-0.2, -0.15) is 0 Å². The number of allylic oxidation sites excluding steroid dienone is 1. The van der Waals surface area contributed by atoms with Gasteiger partial charge in [0.05, 0.1) is 6.61 Å². The molecule has 1 unspecified atom stereocenters. The quantitative estimate of drug-likeness (QED) is 0.296. The maximum Gasteiger partial charge on any atom is 0.319 e. The van der Waals surface area contributed by atoms with Crippen molar-refractivity contribution in [3.05, 3.63) is 12.7 Å². The molecule has 1 fully saturated rings. The normalized spacial score (nSPS) is 23.7. The molecule has 1 saturated carbocycles. The fourth-order valence-electron chi connectivity index (χ4n) is 2.50. The lowest BCUT2D eigenvalue weighted by atomic mass is 9.80. The Bertz CT molecular complexity index is 296. The SMILES string of the molecule is C=CCCCCC1(C(=O)OCC)CCCC1=O. The zero-order valence-electron chi connectivity index (χ0n) is 10.7. The molecule has 1 rings (SSSR count). The first kappa shape index (κ1) is 13.9. The molecule has 0 aliphatic heterocycles. The molecule has 3 heteroatoms. The molecule has 0 heterocycles. The van der Waals surface area contributed by atoms with Crippen molar-refractivity contribution in [2.75, 3.05) is 6.61 Å². The van der Waals surface area contributed by atoms with Gasteiger partial charge in [-0.15, -0.1) is 6.58 Å². The summed E-state index contributed by atoms with van der Waals surface area (Å²) in [5, 5.41) is 0. The number of carbonyl (C=O) groups excluding carboxylic acids is 2. The van der Waals surface area contributed by atoms with Gasteiger partial charge in [-0.25, -0.2) is 0 Å². The van der Waals surface area contributed by atoms with E-state index in [0.29, 0.717) is 25.9 Å². The molecular formula is C14H22O3. The third-order valence-electron chi connectivity index (χ3n) is 3.47. The number of unbranched alkanes of at least 4 members (excludes halogenated alkanes) is 2. The highest BCUT2D eigenvalue weighted by atomic mass is 16.5. The highest BCUT2D eigenvalue weighted by Gasteiger charge is 2.48. The molecule has 0 radical (unpaired) electrons. The number of carbonyl (C=O) groups is 2. The second-order valence-electron chi connectivity index (χ2n) is 4.61. The zero-order chi connectivity index (χ0) is 12.7. The minimum atomic E-state index is -0.822. The number of hydrogen-bond acceptors (Lipinski definition) is 3. The van der Waals surface area contributed by atoms with Gasteiger partial charge in [-0.3, -0.25) is 9.59 Å². The maximum atomic E-state index is 12.0. The third-order valence-corrected chi connectivity index (χ3v) is 3.47. The van der Waals surface area contributed by atoms with Crippen LogP contribution in [0.15, 0.2) is 12.7 Å². The Morgan fingerprint density at radius 1 is 1.53 bits per heavy atom. The molecule has 1 aliphatic carbocycles. The van der Waals surface area contributed by atoms with Crippen LogP contribution in [0.25, 0.3) is 0 Å². The van der Waals surface area contributed by atoms with Crippen molar-refractivity contribution >= 4 is 11.8 Å². The van der Waals surface area contributed by atoms with Gasteiger partial charge in [0.2, 0.25) is 0 Å². The third kappa shape index (κ3) is 3.18. The van der Waals surface area contributed by atoms with E-state index in [1.165, 1.54) is 0 Å². The van der Waals surface area contributed by atoms with E-state index in [1.54, 1.807) is 6.92 Å². The van der Waals surface area contributed by atoms with Gasteiger partial charge >= 0.3 is 5.97 Å². The fraction of sp³-hybridized carbons (Fsp3) is 0.714. The Kier molecular flexibility index (Phi) is 5.39. The lowest BCUT2D eigenvalue weighted by molar-refractivity contribution is -0.159. The van der Waals surface area contributed by atoms with Crippen LogP contribution in [-0.2, 0) is 14.3 Å². The van der Waals surface area contributed by atoms with E-state index in [1.807, 2.05) is 6.08 Å². The number of ketones is 1. The van der Waals surface area contributed by atoms with Crippen molar-refractivity contribution in [3.63, 3.8) is 0 Å². The number of esters is 1. The maximum absolute atomic E-state index is 12.0. The van der Waals surface area contributed by atoms with Gasteiger partial charge in [0.15, 0.2) is 0 Å². The predicted molar refractivity (Wildman–Crippen MR) is 66.6 cm³/mol. The second-order valence-corrected chi connectivity index (χ2v) is 4.61. The predicted octanol–water partition coefficient (Wildman–Crippen LogP) is 3.04. The van der Waals surface area contributed by atoms with Gasteiger partial charge in [-0.1, -0.05) is 12.5 Å². The van der Waals surface area contributed by atoms with E-state index in [-0.39, 0.29) is 11.8 Å². The van der Waals surface area contributed by atoms with E-state index >= 15 is 0 Å². The van der Waals surface area contributed by atoms with Crippen molar-refractivity contribution in [1.29, 1.82) is 0 Å². The highest BCUT2D eigenvalue weighted by molar-refractivity contribution is 6.05. The molecule has 0 aromatic heterocycles. The number of rotatable bonds is 7. The summed E-state index contributed by atoms with van der Waals surface area (Å²) in [5.41, 5.74) is -0.822. The van der Waals surface area contributed by atoms with Crippen LogP contribution in [0, 0.1) is 5.41 Å². The van der Waals surface area contributed by atoms with Crippen molar-refractivity contribution in [2.45, 2.75) is 51.9 Å². The Balaban J connectivity index is 2.62. The summed E-state index contributed by atoms with van der Waals surface area (Å²) in [6, 6.07) is 0. The van der Waals surface area contributed by atoms with Gasteiger partial charge < -0.3 is 4.74 Å². The Hall–Kier alpha value is -1.12. The average Bonchev–Trinajstić information content (AvgIpc) is 2.68. The van der Waals surface area contributed by atoms with E-state index < -0.39 is 5.41 Å². The standard InChI is InChI=1S/C14H22O3/c1-3-5-6-7-10-14(13(16)17-4-2)11-8-9-12(14)15/h3H,1,4-11H2,2H3. The summed E-state index contributed by atoms with van der Waals surface area (Å²) in [6.45, 7) is 5.80. The van der Waals surface area contributed by atoms with Crippen LogP contribution in [0.4, 0.5) is 0 Å². The Labute approximate surface area is 103 Å². The monoisotopic (exact) mass is 238 g/mol. The van der Waals surface area contributed by atoms with Gasteiger partial charge in [0.1, 0.15) is 11.2 Å². The largest absolute Gasteiger partial charge is 0.465 e. The van der Waals surface area contributed by atoms with Crippen LogP contribution in [0.2, 0.25) is 0 Å². The lowest BCUT2D eigenvalue weighted by Crippen LogP contribution is -2.36. The van der Waals surface area contributed by atoms with E-state index in [4.69, 9.17) is 4.74 Å². The van der Waals surface area contributed by atoms with E-state index in [0.717, 1.165) is 25.7 Å². The first-order valence-corrected chi connectivity index (χ1v) is 6.49. The van der Waals surface area contributed by atoms with Crippen LogP contribution in [0.5, 0.6) is 0 Å². The molecule has 1 aliphatic rings. The summed E-state index contributed by atoms with van der Waals surface area (Å²) in [5.74, 6) is -0.226. The molecule has 17 heavy (non-hydrogen) atoms. The molecular weight excluding hydrogens is 216 g/mol. The van der Waals surface area contributed by atoms with Gasteiger partial charge in [-0.05, 0) is 39.0 Å². The molecule has 0 aromatic carbocycles. The molecule has 0 aromatic rings. The molecule has 0 bridgehead atoms. The summed E-state index contributed by atoms with van der Waals surface area (Å²) >= 11 is 0. The van der Waals surface area contributed by atoms with Crippen LogP contribution in [-0.4, -0.2) is 18.4 Å². The first-order chi connectivity index (χ1) is 8.17. The van der Waals surface area contributed by atoms with Gasteiger partial charge in [0.25, 0.3) is 0 Å². The minimum absolute atomic E-state index is 0.0783. The number of ether oxygens (including phenoxy) is 1. The van der Waals surface area contributed by atoms with Crippen LogP contribution in [0.3, 0.4) is 0 Å². The summed E-state index contributed by atoms with van der Waals surface area (Å²) in [6.07, 6.45) is 7.33. The van der Waals surface area contributed by atoms with Crippen molar-refractivity contribution in [1.82, 2.24) is 0 Å². The number of hydrogen-bond donors (Lipinski definition) is 0. The summed E-state index contributed by atoms with van der Waals surface area (Å²) in [4.78, 5) is 23.9. The second kappa shape index (κ2) is 6.58. The highest BCUT2D eigenvalue weighted by Crippen LogP contribution is 2.40.